The normalized spacial score (nSPS) is 17.5. The van der Waals surface area contributed by atoms with E-state index in [2.05, 4.69) is 14.6 Å². The highest BCUT2D eigenvalue weighted by Gasteiger charge is 2.46. The standard InChI is InChI=1S/C19H19F2N3O5/c1-23-10-15(17-22-7-8-27-17)9-16(11-23)24(13-25)29-19(20,21)18(26)28-12-14-5-3-2-4-6-14/h2-9,13,16H,10-12H2,1H3. The molecule has 0 spiro atoms. The third-order valence-corrected chi connectivity index (χ3v) is 4.14. The van der Waals surface area contributed by atoms with Gasteiger partial charge in [-0.1, -0.05) is 30.3 Å². The SMILES string of the molecule is CN1CC(c2ncco2)=CC(N(C=O)OC(F)(F)C(=O)OCc2ccccc2)C1. The van der Waals surface area contributed by atoms with Gasteiger partial charge in [0, 0.05) is 18.7 Å². The van der Waals surface area contributed by atoms with Crippen molar-refractivity contribution >= 4 is 18.0 Å². The number of nitrogens with zero attached hydrogens (tertiary/aromatic N) is 3. The largest absolute Gasteiger partial charge is 0.477 e. The summed E-state index contributed by atoms with van der Waals surface area (Å²) >= 11 is 0. The van der Waals surface area contributed by atoms with Crippen LogP contribution < -0.4 is 0 Å². The monoisotopic (exact) mass is 407 g/mol. The van der Waals surface area contributed by atoms with Crippen molar-refractivity contribution in [1.29, 1.82) is 0 Å². The number of hydrogen-bond donors (Lipinski definition) is 0. The highest BCUT2D eigenvalue weighted by molar-refractivity contribution is 5.76. The van der Waals surface area contributed by atoms with Crippen molar-refractivity contribution in [2.75, 3.05) is 20.1 Å². The maximum atomic E-state index is 14.2. The average Bonchev–Trinajstić information content (AvgIpc) is 3.25. The molecule has 1 amide bonds. The van der Waals surface area contributed by atoms with E-state index in [1.165, 1.54) is 18.5 Å². The van der Waals surface area contributed by atoms with Crippen LogP contribution in [0.25, 0.3) is 5.57 Å². The number of hydrogen-bond acceptors (Lipinski definition) is 7. The number of oxazole rings is 1. The van der Waals surface area contributed by atoms with E-state index >= 15 is 0 Å². The molecule has 1 aliphatic heterocycles. The predicted octanol–water partition coefficient (Wildman–Crippen LogP) is 2.10. The number of esters is 1. The minimum absolute atomic E-state index is 0.0892. The Kier molecular flexibility index (Phi) is 6.35. The number of alkyl halides is 2. The molecule has 2 aromatic rings. The molecular weight excluding hydrogens is 388 g/mol. The maximum absolute atomic E-state index is 14.2. The minimum atomic E-state index is -4.34. The van der Waals surface area contributed by atoms with Gasteiger partial charge in [0.25, 0.3) is 0 Å². The van der Waals surface area contributed by atoms with Crippen molar-refractivity contribution < 1.29 is 32.4 Å². The van der Waals surface area contributed by atoms with Gasteiger partial charge in [-0.25, -0.2) is 14.8 Å². The fourth-order valence-electron chi connectivity index (χ4n) is 2.83. The number of likely N-dealkylation sites (N-methyl/N-ethyl adjacent to an activating group) is 1. The van der Waals surface area contributed by atoms with Gasteiger partial charge in [-0.3, -0.25) is 9.69 Å². The van der Waals surface area contributed by atoms with E-state index in [1.807, 2.05) is 0 Å². The van der Waals surface area contributed by atoms with Crippen LogP contribution in [-0.2, 0) is 25.8 Å². The molecule has 0 radical (unpaired) electrons. The summed E-state index contributed by atoms with van der Waals surface area (Å²) in [5.41, 5.74) is 1.13. The second-order valence-electron chi connectivity index (χ2n) is 6.43. The third-order valence-electron chi connectivity index (χ3n) is 4.14. The first-order valence-corrected chi connectivity index (χ1v) is 8.70. The zero-order chi connectivity index (χ0) is 20.9. The Bertz CT molecular complexity index is 858. The molecule has 2 heterocycles. The number of carbonyl (C=O) groups excluding carboxylic acids is 2. The predicted molar refractivity (Wildman–Crippen MR) is 95.9 cm³/mol. The Balaban J connectivity index is 1.67. The van der Waals surface area contributed by atoms with Gasteiger partial charge in [-0.15, -0.1) is 0 Å². The van der Waals surface area contributed by atoms with E-state index in [0.717, 1.165) is 0 Å². The summed E-state index contributed by atoms with van der Waals surface area (Å²) in [5, 5.41) is 0.391. The molecule has 0 N–H and O–H groups in total. The zero-order valence-corrected chi connectivity index (χ0v) is 15.5. The molecule has 1 aromatic carbocycles. The van der Waals surface area contributed by atoms with E-state index in [4.69, 9.17) is 4.42 Å². The van der Waals surface area contributed by atoms with Gasteiger partial charge in [0.05, 0.1) is 12.2 Å². The van der Waals surface area contributed by atoms with Crippen molar-refractivity contribution in [2.45, 2.75) is 18.8 Å². The zero-order valence-electron chi connectivity index (χ0n) is 15.5. The molecule has 154 valence electrons. The van der Waals surface area contributed by atoms with Gasteiger partial charge in [0.15, 0.2) is 0 Å². The summed E-state index contributed by atoms with van der Waals surface area (Å²) in [7, 11) is 1.73. The van der Waals surface area contributed by atoms with Crippen molar-refractivity contribution in [2.24, 2.45) is 0 Å². The Morgan fingerprint density at radius 2 is 2.17 bits per heavy atom. The molecule has 0 aliphatic carbocycles. The van der Waals surface area contributed by atoms with Crippen LogP contribution in [0.3, 0.4) is 0 Å². The number of ether oxygens (including phenoxy) is 1. The van der Waals surface area contributed by atoms with Gasteiger partial charge < -0.3 is 9.15 Å². The highest BCUT2D eigenvalue weighted by Crippen LogP contribution is 2.25. The van der Waals surface area contributed by atoms with Gasteiger partial charge in [0.1, 0.15) is 12.9 Å². The molecule has 1 aromatic heterocycles. The molecule has 1 aliphatic rings. The molecule has 0 bridgehead atoms. The minimum Gasteiger partial charge on any atom is -0.454 e. The van der Waals surface area contributed by atoms with Crippen LogP contribution >= 0.6 is 0 Å². The second-order valence-corrected chi connectivity index (χ2v) is 6.43. The van der Waals surface area contributed by atoms with Crippen molar-refractivity contribution in [3.63, 3.8) is 0 Å². The van der Waals surface area contributed by atoms with Crippen LogP contribution in [0.2, 0.25) is 0 Å². The summed E-state index contributed by atoms with van der Waals surface area (Å²) in [6.45, 7) is 0.303. The first kappa shape index (κ1) is 20.6. The molecular formula is C19H19F2N3O5. The van der Waals surface area contributed by atoms with Gasteiger partial charge in [-0.05, 0) is 18.7 Å². The molecule has 29 heavy (non-hydrogen) atoms. The summed E-state index contributed by atoms with van der Waals surface area (Å²) in [5.74, 6) is -1.59. The van der Waals surface area contributed by atoms with Gasteiger partial charge in [0.2, 0.25) is 12.3 Å². The Morgan fingerprint density at radius 3 is 2.83 bits per heavy atom. The Hall–Kier alpha value is -3.11. The van der Waals surface area contributed by atoms with E-state index in [-0.39, 0.29) is 19.6 Å². The lowest BCUT2D eigenvalue weighted by Crippen LogP contribution is -2.49. The summed E-state index contributed by atoms with van der Waals surface area (Å²) < 4.78 is 38.3. The fourth-order valence-corrected chi connectivity index (χ4v) is 2.83. The van der Waals surface area contributed by atoms with Crippen LogP contribution in [0, 0.1) is 0 Å². The quantitative estimate of drug-likeness (QED) is 0.376. The molecule has 0 saturated carbocycles. The number of amides is 1. The number of benzene rings is 1. The van der Waals surface area contributed by atoms with E-state index in [0.29, 0.717) is 28.6 Å². The Labute approximate surface area is 165 Å². The third kappa shape index (κ3) is 5.24. The van der Waals surface area contributed by atoms with Crippen LogP contribution in [0.1, 0.15) is 11.5 Å². The molecule has 3 rings (SSSR count). The molecule has 0 fully saturated rings. The number of halogens is 2. The fraction of sp³-hybridized carbons (Fsp3) is 0.316. The maximum Gasteiger partial charge on any atom is 0.477 e. The topological polar surface area (TPSA) is 85.1 Å². The lowest BCUT2D eigenvalue weighted by molar-refractivity contribution is -0.334. The van der Waals surface area contributed by atoms with Crippen LogP contribution in [0.5, 0.6) is 0 Å². The molecule has 0 saturated heterocycles. The lowest BCUT2D eigenvalue weighted by Gasteiger charge is -2.34. The highest BCUT2D eigenvalue weighted by atomic mass is 19.3. The summed E-state index contributed by atoms with van der Waals surface area (Å²) in [4.78, 5) is 33.4. The number of aromatic nitrogens is 1. The number of hydroxylamine groups is 2. The number of carbonyl (C=O) groups is 2. The molecule has 1 atom stereocenters. The van der Waals surface area contributed by atoms with E-state index in [1.54, 1.807) is 42.3 Å². The lowest BCUT2D eigenvalue weighted by atomic mass is 10.1. The average molecular weight is 407 g/mol. The van der Waals surface area contributed by atoms with Crippen LogP contribution in [0.4, 0.5) is 8.78 Å². The van der Waals surface area contributed by atoms with Crippen molar-refractivity contribution in [1.82, 2.24) is 14.9 Å². The van der Waals surface area contributed by atoms with Crippen molar-refractivity contribution in [3.05, 3.63) is 60.3 Å². The van der Waals surface area contributed by atoms with E-state index < -0.39 is 18.1 Å². The Morgan fingerprint density at radius 1 is 1.41 bits per heavy atom. The molecule has 8 nitrogen and oxygen atoms in total. The summed E-state index contributed by atoms with van der Waals surface area (Å²) in [6.07, 6.45) is 0.107. The summed E-state index contributed by atoms with van der Waals surface area (Å²) in [6, 6.07) is 7.47. The van der Waals surface area contributed by atoms with Crippen molar-refractivity contribution in [3.8, 4) is 0 Å². The first-order valence-electron chi connectivity index (χ1n) is 8.70. The first-order chi connectivity index (χ1) is 13.9. The van der Waals surface area contributed by atoms with E-state index in [9.17, 15) is 18.4 Å². The second kappa shape index (κ2) is 8.93. The molecule has 10 heteroatoms. The van der Waals surface area contributed by atoms with Gasteiger partial charge in [-0.2, -0.15) is 13.6 Å². The van der Waals surface area contributed by atoms with Crippen LogP contribution in [-0.4, -0.2) is 59.6 Å². The molecule has 1 unspecified atom stereocenters. The van der Waals surface area contributed by atoms with Gasteiger partial charge >= 0.3 is 12.1 Å². The smallest absolute Gasteiger partial charge is 0.454 e. The number of rotatable bonds is 8. The van der Waals surface area contributed by atoms with Crippen LogP contribution in [0.15, 0.2) is 53.3 Å².